The van der Waals surface area contributed by atoms with Crippen LogP contribution in [0, 0.1) is 0 Å². The SMILES string of the molecule is COCCOCCCNCc1ccccc1Br. The van der Waals surface area contributed by atoms with Crippen molar-refractivity contribution in [1.82, 2.24) is 5.32 Å². The molecule has 0 spiro atoms. The second kappa shape index (κ2) is 9.59. The van der Waals surface area contributed by atoms with Gasteiger partial charge in [-0.15, -0.1) is 0 Å². The minimum atomic E-state index is 0.671. The number of methoxy groups -OCH3 is 1. The summed E-state index contributed by atoms with van der Waals surface area (Å²) in [4.78, 5) is 0. The van der Waals surface area contributed by atoms with Crippen LogP contribution in [0.5, 0.6) is 0 Å². The van der Waals surface area contributed by atoms with E-state index in [1.54, 1.807) is 7.11 Å². The molecule has 4 heteroatoms. The van der Waals surface area contributed by atoms with E-state index in [0.717, 1.165) is 30.6 Å². The van der Waals surface area contributed by atoms with Gasteiger partial charge in [-0.1, -0.05) is 34.1 Å². The van der Waals surface area contributed by atoms with Crippen LogP contribution in [-0.2, 0) is 16.0 Å². The normalized spacial score (nSPS) is 10.7. The van der Waals surface area contributed by atoms with Crippen molar-refractivity contribution in [2.75, 3.05) is 33.5 Å². The molecule has 0 unspecified atom stereocenters. The van der Waals surface area contributed by atoms with E-state index in [9.17, 15) is 0 Å². The summed E-state index contributed by atoms with van der Waals surface area (Å²) in [5, 5.41) is 3.39. The molecule has 1 N–H and O–H groups in total. The highest BCUT2D eigenvalue weighted by Gasteiger charge is 1.97. The second-order valence-electron chi connectivity index (χ2n) is 3.73. The molecule has 0 aliphatic heterocycles. The monoisotopic (exact) mass is 301 g/mol. The molecule has 0 saturated carbocycles. The van der Waals surface area contributed by atoms with Crippen LogP contribution in [0.1, 0.15) is 12.0 Å². The van der Waals surface area contributed by atoms with Crippen LogP contribution in [0.25, 0.3) is 0 Å². The zero-order chi connectivity index (χ0) is 12.3. The van der Waals surface area contributed by atoms with Gasteiger partial charge in [0, 0.05) is 24.7 Å². The van der Waals surface area contributed by atoms with Crippen molar-refractivity contribution in [2.45, 2.75) is 13.0 Å². The Bertz CT molecular complexity index is 307. The quantitative estimate of drug-likeness (QED) is 0.711. The molecule has 3 nitrogen and oxygen atoms in total. The van der Waals surface area contributed by atoms with E-state index in [4.69, 9.17) is 9.47 Å². The maximum atomic E-state index is 5.38. The lowest BCUT2D eigenvalue weighted by Crippen LogP contribution is -2.17. The number of halogens is 1. The molecule has 0 bridgehead atoms. The zero-order valence-corrected chi connectivity index (χ0v) is 11.8. The van der Waals surface area contributed by atoms with Crippen molar-refractivity contribution in [3.63, 3.8) is 0 Å². The average molecular weight is 302 g/mol. The number of rotatable bonds is 9. The summed E-state index contributed by atoms with van der Waals surface area (Å²) in [7, 11) is 1.68. The summed E-state index contributed by atoms with van der Waals surface area (Å²) < 4.78 is 11.4. The first-order chi connectivity index (χ1) is 8.34. The molecular weight excluding hydrogens is 282 g/mol. The Morgan fingerprint density at radius 3 is 2.76 bits per heavy atom. The van der Waals surface area contributed by atoms with Gasteiger partial charge in [0.2, 0.25) is 0 Å². The molecule has 1 rings (SSSR count). The highest BCUT2D eigenvalue weighted by Crippen LogP contribution is 2.15. The van der Waals surface area contributed by atoms with Gasteiger partial charge in [0.05, 0.1) is 13.2 Å². The summed E-state index contributed by atoms with van der Waals surface area (Å²) in [6.45, 7) is 3.99. The number of hydrogen-bond donors (Lipinski definition) is 1. The molecule has 0 fully saturated rings. The van der Waals surface area contributed by atoms with E-state index in [1.165, 1.54) is 5.56 Å². The first-order valence-corrected chi connectivity index (χ1v) is 6.64. The second-order valence-corrected chi connectivity index (χ2v) is 4.58. The van der Waals surface area contributed by atoms with Gasteiger partial charge in [0.1, 0.15) is 0 Å². The van der Waals surface area contributed by atoms with Crippen molar-refractivity contribution in [3.05, 3.63) is 34.3 Å². The smallest absolute Gasteiger partial charge is 0.0700 e. The largest absolute Gasteiger partial charge is 0.382 e. The molecule has 96 valence electrons. The Hall–Kier alpha value is -0.420. The Morgan fingerprint density at radius 1 is 1.18 bits per heavy atom. The molecular formula is C13H20BrNO2. The third kappa shape index (κ3) is 6.78. The lowest BCUT2D eigenvalue weighted by atomic mass is 10.2. The van der Waals surface area contributed by atoms with Crippen LogP contribution in [0.4, 0.5) is 0 Å². The first-order valence-electron chi connectivity index (χ1n) is 5.85. The van der Waals surface area contributed by atoms with Crippen molar-refractivity contribution < 1.29 is 9.47 Å². The minimum absolute atomic E-state index is 0.671. The molecule has 0 atom stereocenters. The Balaban J connectivity index is 1.99. The van der Waals surface area contributed by atoms with Crippen LogP contribution < -0.4 is 5.32 Å². The topological polar surface area (TPSA) is 30.5 Å². The molecule has 0 aliphatic rings. The van der Waals surface area contributed by atoms with Gasteiger partial charge in [-0.2, -0.15) is 0 Å². The van der Waals surface area contributed by atoms with Gasteiger partial charge >= 0.3 is 0 Å². The maximum Gasteiger partial charge on any atom is 0.0700 e. The van der Waals surface area contributed by atoms with Gasteiger partial charge < -0.3 is 14.8 Å². The molecule has 0 heterocycles. The Morgan fingerprint density at radius 2 is 2.00 bits per heavy atom. The molecule has 1 aromatic carbocycles. The summed E-state index contributed by atoms with van der Waals surface area (Å²) in [5.74, 6) is 0. The van der Waals surface area contributed by atoms with E-state index >= 15 is 0 Å². The van der Waals surface area contributed by atoms with Gasteiger partial charge in [0.25, 0.3) is 0 Å². The summed E-state index contributed by atoms with van der Waals surface area (Å²) in [6, 6.07) is 8.25. The van der Waals surface area contributed by atoms with E-state index in [2.05, 4.69) is 39.4 Å². The minimum Gasteiger partial charge on any atom is -0.382 e. The van der Waals surface area contributed by atoms with E-state index in [-0.39, 0.29) is 0 Å². The summed E-state index contributed by atoms with van der Waals surface area (Å²) in [5.41, 5.74) is 1.29. The molecule has 0 aromatic heterocycles. The van der Waals surface area contributed by atoms with Crippen LogP contribution in [0.3, 0.4) is 0 Å². The molecule has 0 saturated heterocycles. The van der Waals surface area contributed by atoms with E-state index < -0.39 is 0 Å². The molecule has 17 heavy (non-hydrogen) atoms. The fraction of sp³-hybridized carbons (Fsp3) is 0.538. The van der Waals surface area contributed by atoms with Crippen LogP contribution >= 0.6 is 15.9 Å². The first kappa shape index (κ1) is 14.6. The summed E-state index contributed by atoms with van der Waals surface area (Å²) in [6.07, 6.45) is 1.02. The van der Waals surface area contributed by atoms with Crippen molar-refractivity contribution in [3.8, 4) is 0 Å². The number of hydrogen-bond acceptors (Lipinski definition) is 3. The maximum absolute atomic E-state index is 5.38. The zero-order valence-electron chi connectivity index (χ0n) is 10.2. The van der Waals surface area contributed by atoms with Gasteiger partial charge in [0.15, 0.2) is 0 Å². The predicted octanol–water partition coefficient (Wildman–Crippen LogP) is 2.59. The van der Waals surface area contributed by atoms with E-state index in [0.29, 0.717) is 13.2 Å². The van der Waals surface area contributed by atoms with Gasteiger partial charge in [-0.25, -0.2) is 0 Å². The van der Waals surface area contributed by atoms with Crippen LogP contribution in [-0.4, -0.2) is 33.5 Å². The molecule has 0 aliphatic carbocycles. The highest BCUT2D eigenvalue weighted by molar-refractivity contribution is 9.10. The van der Waals surface area contributed by atoms with Crippen LogP contribution in [0.15, 0.2) is 28.7 Å². The number of benzene rings is 1. The van der Waals surface area contributed by atoms with Crippen molar-refractivity contribution >= 4 is 15.9 Å². The van der Waals surface area contributed by atoms with Crippen molar-refractivity contribution in [2.24, 2.45) is 0 Å². The lowest BCUT2D eigenvalue weighted by Gasteiger charge is -2.07. The van der Waals surface area contributed by atoms with Gasteiger partial charge in [-0.3, -0.25) is 0 Å². The highest BCUT2D eigenvalue weighted by atomic mass is 79.9. The molecule has 0 radical (unpaired) electrons. The lowest BCUT2D eigenvalue weighted by molar-refractivity contribution is 0.0695. The summed E-state index contributed by atoms with van der Waals surface area (Å²) >= 11 is 3.53. The molecule has 0 amide bonds. The number of ether oxygens (including phenoxy) is 2. The van der Waals surface area contributed by atoms with Gasteiger partial charge in [-0.05, 0) is 24.6 Å². The Labute approximate surface area is 112 Å². The van der Waals surface area contributed by atoms with Crippen molar-refractivity contribution in [1.29, 1.82) is 0 Å². The standard InChI is InChI=1S/C13H20BrNO2/c1-16-9-10-17-8-4-7-15-11-12-5-2-3-6-13(12)14/h2-3,5-6,15H,4,7-11H2,1H3. The fourth-order valence-corrected chi connectivity index (χ4v) is 1.83. The third-order valence-electron chi connectivity index (χ3n) is 2.35. The third-order valence-corrected chi connectivity index (χ3v) is 3.12. The predicted molar refractivity (Wildman–Crippen MR) is 73.2 cm³/mol. The van der Waals surface area contributed by atoms with E-state index in [1.807, 2.05) is 6.07 Å². The molecule has 1 aromatic rings. The van der Waals surface area contributed by atoms with Crippen LogP contribution in [0.2, 0.25) is 0 Å². The Kier molecular flexibility index (Phi) is 8.26. The average Bonchev–Trinajstić information content (AvgIpc) is 2.35. The fourth-order valence-electron chi connectivity index (χ4n) is 1.41. The number of nitrogens with one attached hydrogen (secondary N) is 1.